The van der Waals surface area contributed by atoms with Gasteiger partial charge in [-0.15, -0.1) is 0 Å². The first-order valence-electron chi connectivity index (χ1n) is 8.77. The molecule has 0 saturated carbocycles. The standard InChI is InChI=1S/C19H27N3O3/c1-14(2)11-17(23)19(25)20-13-18(24)22-9-7-21(8-10-22)16-6-4-5-15(3)12-16/h4-6,12,14H,7-11,13H2,1-3H3,(H,20,25). The minimum atomic E-state index is -0.666. The van der Waals surface area contributed by atoms with Crippen LogP contribution in [0.2, 0.25) is 0 Å². The molecule has 0 radical (unpaired) electrons. The maximum Gasteiger partial charge on any atom is 0.287 e. The van der Waals surface area contributed by atoms with Crippen molar-refractivity contribution >= 4 is 23.3 Å². The average Bonchev–Trinajstić information content (AvgIpc) is 2.59. The maximum absolute atomic E-state index is 12.2. The molecule has 2 amide bonds. The number of carbonyl (C=O) groups is 3. The minimum Gasteiger partial charge on any atom is -0.368 e. The Hall–Kier alpha value is -2.37. The van der Waals surface area contributed by atoms with Crippen molar-refractivity contribution in [2.24, 2.45) is 5.92 Å². The van der Waals surface area contributed by atoms with Crippen molar-refractivity contribution in [3.63, 3.8) is 0 Å². The van der Waals surface area contributed by atoms with Gasteiger partial charge in [-0.25, -0.2) is 0 Å². The van der Waals surface area contributed by atoms with Crippen molar-refractivity contribution in [2.45, 2.75) is 27.2 Å². The zero-order chi connectivity index (χ0) is 18.4. The molecule has 136 valence electrons. The highest BCUT2D eigenvalue weighted by Gasteiger charge is 2.22. The predicted octanol–water partition coefficient (Wildman–Crippen LogP) is 1.38. The van der Waals surface area contributed by atoms with E-state index in [1.807, 2.05) is 19.9 Å². The second-order valence-electron chi connectivity index (χ2n) is 6.91. The summed E-state index contributed by atoms with van der Waals surface area (Å²) >= 11 is 0. The zero-order valence-corrected chi connectivity index (χ0v) is 15.2. The first kappa shape index (κ1) is 19.0. The fourth-order valence-corrected chi connectivity index (χ4v) is 2.87. The molecular weight excluding hydrogens is 318 g/mol. The van der Waals surface area contributed by atoms with Crippen molar-refractivity contribution in [1.82, 2.24) is 10.2 Å². The molecule has 0 unspecified atom stereocenters. The molecule has 1 aliphatic heterocycles. The van der Waals surface area contributed by atoms with E-state index >= 15 is 0 Å². The summed E-state index contributed by atoms with van der Waals surface area (Å²) in [4.78, 5) is 39.5. The van der Waals surface area contributed by atoms with Gasteiger partial charge in [0.2, 0.25) is 11.7 Å². The largest absolute Gasteiger partial charge is 0.368 e. The van der Waals surface area contributed by atoms with E-state index in [-0.39, 0.29) is 24.8 Å². The van der Waals surface area contributed by atoms with Gasteiger partial charge < -0.3 is 15.1 Å². The Labute approximate surface area is 149 Å². The summed E-state index contributed by atoms with van der Waals surface area (Å²) in [7, 11) is 0. The first-order chi connectivity index (χ1) is 11.9. The van der Waals surface area contributed by atoms with E-state index in [9.17, 15) is 14.4 Å². The Bertz CT molecular complexity index is 635. The molecule has 6 heteroatoms. The van der Waals surface area contributed by atoms with Crippen LogP contribution in [0.1, 0.15) is 25.8 Å². The predicted molar refractivity (Wildman–Crippen MR) is 97.4 cm³/mol. The molecular formula is C19H27N3O3. The number of hydrogen-bond acceptors (Lipinski definition) is 4. The van der Waals surface area contributed by atoms with Crippen molar-refractivity contribution in [3.05, 3.63) is 29.8 Å². The molecule has 0 spiro atoms. The number of carbonyl (C=O) groups excluding carboxylic acids is 3. The second-order valence-corrected chi connectivity index (χ2v) is 6.91. The molecule has 1 N–H and O–H groups in total. The van der Waals surface area contributed by atoms with E-state index < -0.39 is 11.7 Å². The van der Waals surface area contributed by atoms with Crippen LogP contribution in [0.3, 0.4) is 0 Å². The third kappa shape index (κ3) is 5.59. The molecule has 6 nitrogen and oxygen atoms in total. The van der Waals surface area contributed by atoms with E-state index in [1.165, 1.54) is 11.3 Å². The molecule has 25 heavy (non-hydrogen) atoms. The summed E-state index contributed by atoms with van der Waals surface area (Å²) in [6.45, 7) is 8.45. The SMILES string of the molecule is Cc1cccc(N2CCN(C(=O)CNC(=O)C(=O)CC(C)C)CC2)c1. The summed E-state index contributed by atoms with van der Waals surface area (Å²) < 4.78 is 0. The van der Waals surface area contributed by atoms with Crippen molar-refractivity contribution in [1.29, 1.82) is 0 Å². The monoisotopic (exact) mass is 345 g/mol. The van der Waals surface area contributed by atoms with Gasteiger partial charge in [-0.2, -0.15) is 0 Å². The molecule has 0 bridgehead atoms. The molecule has 1 saturated heterocycles. The topological polar surface area (TPSA) is 69.7 Å². The van der Waals surface area contributed by atoms with Gasteiger partial charge in [0.25, 0.3) is 5.91 Å². The Morgan fingerprint density at radius 1 is 1.12 bits per heavy atom. The zero-order valence-electron chi connectivity index (χ0n) is 15.2. The Balaban J connectivity index is 1.77. The Kier molecular flexibility index (Phi) is 6.56. The van der Waals surface area contributed by atoms with Crippen LogP contribution in [-0.4, -0.2) is 55.2 Å². The number of anilines is 1. The third-order valence-electron chi connectivity index (χ3n) is 4.25. The molecule has 0 aliphatic carbocycles. The van der Waals surface area contributed by atoms with Gasteiger partial charge in [0, 0.05) is 38.3 Å². The number of Topliss-reactive ketones (excluding diaryl/α,β-unsaturated/α-hetero) is 1. The van der Waals surface area contributed by atoms with E-state index in [4.69, 9.17) is 0 Å². The molecule has 1 fully saturated rings. The number of piperazine rings is 1. The lowest BCUT2D eigenvalue weighted by Crippen LogP contribution is -2.51. The summed E-state index contributed by atoms with van der Waals surface area (Å²) in [5, 5.41) is 2.44. The molecule has 1 aromatic carbocycles. The lowest BCUT2D eigenvalue weighted by molar-refractivity contribution is -0.140. The van der Waals surface area contributed by atoms with Gasteiger partial charge in [-0.3, -0.25) is 14.4 Å². The Morgan fingerprint density at radius 3 is 2.40 bits per heavy atom. The highest BCUT2D eigenvalue weighted by Crippen LogP contribution is 2.17. The number of nitrogens with one attached hydrogen (secondary N) is 1. The van der Waals surface area contributed by atoms with Gasteiger partial charge in [0.15, 0.2) is 0 Å². The van der Waals surface area contributed by atoms with Crippen LogP contribution >= 0.6 is 0 Å². The fourth-order valence-electron chi connectivity index (χ4n) is 2.87. The van der Waals surface area contributed by atoms with Crippen LogP contribution in [0.15, 0.2) is 24.3 Å². The van der Waals surface area contributed by atoms with E-state index in [0.717, 1.165) is 13.1 Å². The lowest BCUT2D eigenvalue weighted by Gasteiger charge is -2.36. The van der Waals surface area contributed by atoms with E-state index in [0.29, 0.717) is 13.1 Å². The van der Waals surface area contributed by atoms with Gasteiger partial charge in [0.05, 0.1) is 6.54 Å². The van der Waals surface area contributed by atoms with Crippen molar-refractivity contribution < 1.29 is 14.4 Å². The Morgan fingerprint density at radius 2 is 1.80 bits per heavy atom. The van der Waals surface area contributed by atoms with Crippen LogP contribution in [0.4, 0.5) is 5.69 Å². The van der Waals surface area contributed by atoms with Gasteiger partial charge in [0.1, 0.15) is 0 Å². The highest BCUT2D eigenvalue weighted by molar-refractivity contribution is 6.36. The molecule has 0 aromatic heterocycles. The van der Waals surface area contributed by atoms with Crippen LogP contribution < -0.4 is 10.2 Å². The van der Waals surface area contributed by atoms with Crippen LogP contribution in [0.25, 0.3) is 0 Å². The number of benzene rings is 1. The minimum absolute atomic E-state index is 0.118. The number of amides is 2. The third-order valence-corrected chi connectivity index (χ3v) is 4.25. The van der Waals surface area contributed by atoms with Crippen LogP contribution in [0, 0.1) is 12.8 Å². The second kappa shape index (κ2) is 8.65. The fraction of sp³-hybridized carbons (Fsp3) is 0.526. The van der Waals surface area contributed by atoms with Gasteiger partial charge in [-0.1, -0.05) is 26.0 Å². The summed E-state index contributed by atoms with van der Waals surface area (Å²) in [6.07, 6.45) is 0.204. The smallest absolute Gasteiger partial charge is 0.287 e. The normalized spacial score (nSPS) is 14.6. The number of nitrogens with zero attached hydrogens (tertiary/aromatic N) is 2. The average molecular weight is 345 g/mol. The summed E-state index contributed by atoms with van der Waals surface area (Å²) in [6, 6.07) is 8.31. The van der Waals surface area contributed by atoms with E-state index in [2.05, 4.69) is 35.3 Å². The van der Waals surface area contributed by atoms with Crippen molar-refractivity contribution in [3.8, 4) is 0 Å². The van der Waals surface area contributed by atoms with Gasteiger partial charge >= 0.3 is 0 Å². The quantitative estimate of drug-likeness (QED) is 0.791. The maximum atomic E-state index is 12.2. The highest BCUT2D eigenvalue weighted by atomic mass is 16.2. The van der Waals surface area contributed by atoms with Gasteiger partial charge in [-0.05, 0) is 30.5 Å². The van der Waals surface area contributed by atoms with Crippen molar-refractivity contribution in [2.75, 3.05) is 37.6 Å². The molecule has 0 atom stereocenters. The summed E-state index contributed by atoms with van der Waals surface area (Å²) in [5.74, 6) is -1.15. The number of ketones is 1. The van der Waals surface area contributed by atoms with Crippen LogP contribution in [0.5, 0.6) is 0 Å². The van der Waals surface area contributed by atoms with E-state index in [1.54, 1.807) is 4.90 Å². The summed E-state index contributed by atoms with van der Waals surface area (Å²) in [5.41, 5.74) is 2.38. The molecule has 2 rings (SSSR count). The molecule has 1 aliphatic rings. The first-order valence-corrected chi connectivity index (χ1v) is 8.77. The lowest BCUT2D eigenvalue weighted by atomic mass is 10.1. The number of rotatable bonds is 6. The number of aryl methyl sites for hydroxylation is 1. The number of hydrogen-bond donors (Lipinski definition) is 1. The van der Waals surface area contributed by atoms with Crippen LogP contribution in [-0.2, 0) is 14.4 Å². The molecule has 1 heterocycles. The molecule has 1 aromatic rings.